The van der Waals surface area contributed by atoms with E-state index >= 15 is 0 Å². The normalized spacial score (nSPS) is 10.0. The Hall–Kier alpha value is -7.04. The number of nitrogens with one attached hydrogen (secondary N) is 4. The first kappa shape index (κ1) is 120. The van der Waals surface area contributed by atoms with Gasteiger partial charge in [-0.05, 0) is 0 Å². The Morgan fingerprint density at radius 2 is 0.260 bits per heavy atom. The summed E-state index contributed by atoms with van der Waals surface area (Å²) in [6.07, 6.45) is 0. The molecule has 0 saturated heterocycles. The van der Waals surface area contributed by atoms with E-state index < -0.39 is 200 Å². The van der Waals surface area contributed by atoms with Crippen LogP contribution in [0.3, 0.4) is 0 Å². The zero-order valence-corrected chi connectivity index (χ0v) is 63.9. The van der Waals surface area contributed by atoms with E-state index in [2.05, 4.69) is 84.6 Å². The predicted molar refractivity (Wildman–Crippen MR) is 320 cm³/mol. The summed E-state index contributed by atoms with van der Waals surface area (Å²) in [5.74, 6) is -22.1. The summed E-state index contributed by atoms with van der Waals surface area (Å²) < 4.78 is 0. The van der Waals surface area contributed by atoms with E-state index in [1.165, 1.54) is 19.6 Å². The van der Waals surface area contributed by atoms with Crippen LogP contribution in [-0.4, -0.2) is 417 Å². The van der Waals surface area contributed by atoms with E-state index in [9.17, 15) is 118 Å². The number of carboxylic acid groups (broad SMARTS) is 16. The van der Waals surface area contributed by atoms with Crippen LogP contribution < -0.4 is 132 Å². The molecule has 0 aliphatic heterocycles. The van der Waals surface area contributed by atoms with Crippen LogP contribution in [0.25, 0.3) is 0 Å². The standard InChI is InChI=1S/4C10H16N2O8.4C3H9N.2H3N.2Na/c4*13-7(14)3-11(4-8(15)16)1-2-12(5-9(17)18)6-10(19)20;4*1-4(2)3;;;;/h4*1-6H2,(H,13,14)(H,15,16)(H,17,18)(H,19,20);4*1-3H3;2*1H3;;/q;;;;;;;;;;2*+1/p-2. The molecule has 0 amide bonds. The van der Waals surface area contributed by atoms with Gasteiger partial charge in [-0.1, -0.05) is 0 Å². The second-order valence-electron chi connectivity index (χ2n) is 21.8. The second kappa shape index (κ2) is 74.6. The molecule has 46 nitrogen and oxygen atoms in total. The summed E-state index contributed by atoms with van der Waals surface area (Å²) in [5, 5.41) is 152. The van der Waals surface area contributed by atoms with Gasteiger partial charge in [0.1, 0.15) is 0 Å². The maximum Gasteiger partial charge on any atom is 1.00 e. The smallest absolute Gasteiger partial charge is 0.549 e. The van der Waals surface area contributed by atoms with Gasteiger partial charge in [0, 0.05) is 105 Å². The third-order valence-corrected chi connectivity index (χ3v) is 8.62. The minimum absolute atomic E-state index is 0. The third-order valence-electron chi connectivity index (χ3n) is 8.62. The fraction of sp³-hybridized carbons (Fsp3) is 0.692. The maximum absolute atomic E-state index is 10.6. The number of aliphatic carboxylic acids is 16. The number of rotatable bonds is 44. The fourth-order valence-electron chi connectivity index (χ4n) is 5.83. The van der Waals surface area contributed by atoms with Crippen LogP contribution in [0, 0.1) is 0 Å². The molecular formula is C52H104N14Na2O32. The molecule has 0 spiro atoms. The van der Waals surface area contributed by atoms with Crippen molar-refractivity contribution >= 4 is 95.5 Å². The maximum atomic E-state index is 10.6. The van der Waals surface area contributed by atoms with Gasteiger partial charge in [0.15, 0.2) is 0 Å². The van der Waals surface area contributed by atoms with Gasteiger partial charge in [-0.3, -0.25) is 77.6 Å². The van der Waals surface area contributed by atoms with Gasteiger partial charge in [-0.25, -0.2) is 0 Å². The molecule has 0 aromatic carbocycles. The van der Waals surface area contributed by atoms with Crippen LogP contribution in [0.4, 0.5) is 0 Å². The van der Waals surface area contributed by atoms with Gasteiger partial charge < -0.3 is 152 Å². The first-order valence-corrected chi connectivity index (χ1v) is 27.9. The predicted octanol–water partition coefficient (Wildman–Crippen LogP) is -29.2. The van der Waals surface area contributed by atoms with Crippen LogP contribution in [-0.2, 0) is 76.7 Å². The molecular weight excluding hydrogens is 1380 g/mol. The van der Waals surface area contributed by atoms with Crippen LogP contribution >= 0.6 is 0 Å². The van der Waals surface area contributed by atoms with E-state index in [-0.39, 0.29) is 124 Å². The molecule has 0 atom stereocenters. The first-order chi connectivity index (χ1) is 43.7. The molecule has 20 N–H and O–H groups in total. The molecule has 0 rings (SSSR count). The molecule has 0 heterocycles. The quantitative estimate of drug-likeness (QED) is 0.0252. The summed E-state index contributed by atoms with van der Waals surface area (Å²) >= 11 is 0. The van der Waals surface area contributed by atoms with Crippen LogP contribution in [0.5, 0.6) is 0 Å². The number of quaternary nitrogens is 6. The molecule has 0 aliphatic carbocycles. The van der Waals surface area contributed by atoms with Gasteiger partial charge in [0.05, 0.1) is 185 Å². The third kappa shape index (κ3) is 124. The second-order valence-corrected chi connectivity index (χ2v) is 21.8. The van der Waals surface area contributed by atoms with E-state index in [1.807, 2.05) is 0 Å². The Morgan fingerprint density at radius 1 is 0.200 bits per heavy atom. The Balaban J connectivity index is -0.0000000946. The Labute approximate surface area is 622 Å². The summed E-state index contributed by atoms with van der Waals surface area (Å²) in [6, 6.07) is 0. The van der Waals surface area contributed by atoms with E-state index in [0.29, 0.717) is 0 Å². The topological polar surface area (TPSA) is 736 Å². The molecule has 0 fully saturated rings. The number of hydrogen-bond donors (Lipinski definition) is 14. The minimum atomic E-state index is -1.53. The van der Waals surface area contributed by atoms with Crippen molar-refractivity contribution in [2.24, 2.45) is 0 Å². The van der Waals surface area contributed by atoms with Crippen molar-refractivity contribution in [3.05, 3.63) is 0 Å². The molecule has 100 heavy (non-hydrogen) atoms. The largest absolute Gasteiger partial charge is 1.00 e. The van der Waals surface area contributed by atoms with Gasteiger partial charge in [-0.2, -0.15) is 0 Å². The summed E-state index contributed by atoms with van der Waals surface area (Å²) in [4.78, 5) is 181. The number of carboxylic acids is 16. The number of hydrogen-bond acceptors (Lipinski definition) is 32. The molecule has 0 aromatic rings. The van der Waals surface area contributed by atoms with Gasteiger partial charge in [-0.15, -0.1) is 0 Å². The molecule has 0 saturated carbocycles. The van der Waals surface area contributed by atoms with Crippen LogP contribution in [0.2, 0.25) is 0 Å². The Kier molecular flexibility index (Phi) is 89.5. The van der Waals surface area contributed by atoms with Crippen molar-refractivity contribution in [2.45, 2.75) is 0 Å². The molecule has 0 aromatic heterocycles. The average molecular weight is 1480 g/mol. The first-order valence-electron chi connectivity index (χ1n) is 27.9. The Bertz CT molecular complexity index is 1760. The van der Waals surface area contributed by atoms with Crippen LogP contribution in [0.15, 0.2) is 0 Å². The fourth-order valence-corrected chi connectivity index (χ4v) is 5.83. The van der Waals surface area contributed by atoms with Gasteiger partial charge >= 0.3 is 107 Å². The SMILES string of the molecule is C[NH+](C)C.C[NH+](C)C.C[NH+](C)C.C[NH+](C)C.O=C(O)CN(CCN(CC(=O)O)CC(=O)O)CC(=O)O.O=C(O)CN(CCN(CC(=O)O)CC(=O)O)CC(=O)O.O=C([O-])CN(CCN(CC(=O)[O-])CC(=O)[O-])CC(=O)[O-].O=C([O-])CN(CCN(CC(=O)[O-])CC(=O)[O-])CC(=O)[O-].[NH4+].[NH4+].[Na+].[Na+]. The van der Waals surface area contributed by atoms with Crippen molar-refractivity contribution in [3.8, 4) is 0 Å². The van der Waals surface area contributed by atoms with Crippen molar-refractivity contribution < 1.29 is 237 Å². The molecule has 0 unspecified atom stereocenters. The Morgan fingerprint density at radius 3 is 0.310 bits per heavy atom. The molecule has 576 valence electrons. The van der Waals surface area contributed by atoms with Crippen LogP contribution in [0.1, 0.15) is 0 Å². The summed E-state index contributed by atoms with van der Waals surface area (Å²) in [6.45, 7) is -11.0. The van der Waals surface area contributed by atoms with Gasteiger partial charge in [0.25, 0.3) is 0 Å². The average Bonchev–Trinajstić information content (AvgIpc) is 0.988. The van der Waals surface area contributed by atoms with Crippen molar-refractivity contribution in [1.82, 2.24) is 51.5 Å². The van der Waals surface area contributed by atoms with Crippen molar-refractivity contribution in [1.29, 1.82) is 0 Å². The number of nitrogens with zero attached hydrogens (tertiary/aromatic N) is 8. The number of carbonyl (C=O) groups is 16. The molecule has 0 radical (unpaired) electrons. The zero-order valence-electron chi connectivity index (χ0n) is 59.9. The summed E-state index contributed by atoms with van der Waals surface area (Å²) in [5.41, 5.74) is 0. The summed E-state index contributed by atoms with van der Waals surface area (Å²) in [7, 11) is 25.0. The number of carbonyl (C=O) groups excluding carboxylic acids is 8. The zero-order chi connectivity index (χ0) is 77.1. The molecule has 0 aliphatic rings. The van der Waals surface area contributed by atoms with Gasteiger partial charge in [0.2, 0.25) is 0 Å². The molecule has 48 heteroatoms. The van der Waals surface area contributed by atoms with E-state index in [0.717, 1.165) is 39.2 Å². The van der Waals surface area contributed by atoms with Crippen molar-refractivity contribution in [3.63, 3.8) is 0 Å². The van der Waals surface area contributed by atoms with Crippen molar-refractivity contribution in [2.75, 3.05) is 242 Å². The monoisotopic (exact) mass is 1480 g/mol. The minimum Gasteiger partial charge on any atom is -0.549 e. The van der Waals surface area contributed by atoms with E-state index in [1.54, 1.807) is 0 Å². The van der Waals surface area contributed by atoms with E-state index in [4.69, 9.17) is 40.9 Å². The molecule has 0 bridgehead atoms.